The highest BCUT2D eigenvalue weighted by Crippen LogP contribution is 2.45. The van der Waals surface area contributed by atoms with Gasteiger partial charge in [-0.15, -0.1) is 64.3 Å². The minimum atomic E-state index is -1.27. The maximum Gasteiger partial charge on any atom is 0.280 e. The number of aromatic amines is 1. The van der Waals surface area contributed by atoms with Crippen molar-refractivity contribution < 1.29 is 68.9 Å². The maximum atomic E-state index is 12.3. The van der Waals surface area contributed by atoms with Crippen molar-refractivity contribution in [3.05, 3.63) is 53.1 Å². The Balaban J connectivity index is 0.000000164. The second-order valence-corrected chi connectivity index (χ2v) is 47.9. The molecule has 4 fully saturated rings. The SMILES string of the molecule is C=P(C)(C)CC[C@H]1O[C@@H](n2cnc3c(=O)[nH]c(NCCCC)nc32)[C@H](O)[C@@H]1O.C=P(C)(C)CC[C@H]1O[C@@H](n2cnc3c(OC)nc(C)nc32)[C@H](O)[C@@H]1O.C=P(C)(C)CC[C@H]1O[C@@H](n2cnc3c(OCC)nc(C)nc32)[C@H](Cl)[C@@H]1O.C=P(C)(C)CC[C@H]1O[C@@H](n2cnc3c(OCCC)nc(C)nc32)[C@H](O)[C@@H]1O. The number of hydrogen-bond donors (Lipinski definition) is 9. The Labute approximate surface area is 623 Å². The third kappa shape index (κ3) is 20.6. The fourth-order valence-corrected chi connectivity index (χ4v) is 16.6. The molecule has 588 valence electrons. The molecule has 0 spiro atoms. The van der Waals surface area contributed by atoms with Gasteiger partial charge in [0, 0.05) is 6.54 Å². The van der Waals surface area contributed by atoms with Crippen LogP contribution in [0.5, 0.6) is 17.6 Å². The summed E-state index contributed by atoms with van der Waals surface area (Å²) in [7, 11) is 1.52. The van der Waals surface area contributed by atoms with Crippen LogP contribution in [0.2, 0.25) is 0 Å². The number of aliphatic hydroxyl groups excluding tert-OH is 7. The number of aliphatic hydroxyl groups is 7. The van der Waals surface area contributed by atoms with E-state index in [4.69, 9.17) is 44.8 Å². The van der Waals surface area contributed by atoms with Gasteiger partial charge in [0.1, 0.15) is 65.6 Å². The van der Waals surface area contributed by atoms with Crippen molar-refractivity contribution in [1.29, 1.82) is 0 Å². The average Bonchev–Trinajstić information content (AvgIpc) is 1.63. The van der Waals surface area contributed by atoms with E-state index in [1.54, 1.807) is 47.1 Å². The van der Waals surface area contributed by atoms with Crippen LogP contribution in [-0.2, 0) is 18.9 Å². The van der Waals surface area contributed by atoms with Gasteiger partial charge in [0.2, 0.25) is 23.6 Å². The van der Waals surface area contributed by atoms with Crippen molar-refractivity contribution in [1.82, 2.24) is 78.1 Å². The van der Waals surface area contributed by atoms with Crippen molar-refractivity contribution in [3.63, 3.8) is 0 Å². The highest BCUT2D eigenvalue weighted by Gasteiger charge is 2.48. The molecule has 16 atom stereocenters. The number of anilines is 1. The Morgan fingerprint density at radius 2 is 0.821 bits per heavy atom. The summed E-state index contributed by atoms with van der Waals surface area (Å²) in [5.41, 5.74) is 3.31. The Morgan fingerprint density at radius 1 is 0.481 bits per heavy atom. The van der Waals surface area contributed by atoms with Crippen molar-refractivity contribution in [2.24, 2.45) is 0 Å². The predicted octanol–water partition coefficient (Wildman–Crippen LogP) is 6.05. The molecular formula is C69H110ClN17O15P4. The minimum absolute atomic E-state index is 0.166. The van der Waals surface area contributed by atoms with Crippen LogP contribution in [0.25, 0.3) is 44.7 Å². The van der Waals surface area contributed by atoms with Gasteiger partial charge in [-0.3, -0.25) is 28.0 Å². The van der Waals surface area contributed by atoms with E-state index in [9.17, 15) is 40.5 Å². The molecule has 12 heterocycles. The molecule has 0 amide bonds. The molecule has 0 aliphatic carbocycles. The van der Waals surface area contributed by atoms with Gasteiger partial charge in [-0.25, -0.2) is 34.9 Å². The van der Waals surface area contributed by atoms with Crippen LogP contribution in [-0.4, -0.2) is 316 Å². The first-order chi connectivity index (χ1) is 49.8. The number of nitrogens with zero attached hydrogens (tertiary/aromatic N) is 15. The number of halogens is 1. The summed E-state index contributed by atoms with van der Waals surface area (Å²) in [4.78, 5) is 62.7. The zero-order valence-electron chi connectivity index (χ0n) is 63.5. The number of rotatable bonds is 26. The standard InChI is InChI=1S/C18H30N5O4P.C18H29N4O4P.C17H26ClN4O3P.C16H25N4O4P/c1-5-6-8-19-18-21-15-12(16(26)22-18)20-10-23(15)17-14(25)13(24)11(27-17)7-9-28(2,3)4;1-6-8-25-17-13-16(20-11(2)21-17)22(10-19-13)18-15(24)14(23)12(26-18)7-9-27(3,4)5;1-6-24-16-13-15(20-10(2)21-16)22(9-19-13)17-12(18)14(23)11(25-17)7-8-26(3,4)5;1-9-18-14-11(15(19-9)23-2)17-8-20(14)16-13(22)12(21)10(24-16)6-7-25(3,4)5/h10-11,13-14,17,24-25H,2,5-9H2,1,3-4H3,(H2,19,21,22,26);10,12,14-15,18,23-24H,3,6-9H2,1-2,4-5H3;9,11-12,14,17,23H,3,6-8H2,1-2,4-5H3;8,10,12-13,16,21-22H,3,6-7H2,1-2,4-5H3/t11-,13-,14-,17-;12-,14-,15-,18-;11-,12-,14-,17-;10-,12-,13-,16-/m1111/s1. The summed E-state index contributed by atoms with van der Waals surface area (Å²) in [5.74, 6) is 3.23. The highest BCUT2D eigenvalue weighted by atomic mass is 35.5. The molecule has 0 radical (unpaired) electrons. The molecule has 0 bridgehead atoms. The molecule has 106 heavy (non-hydrogen) atoms. The average molecular weight is 1580 g/mol. The number of imidazole rings is 4. The number of hydrogen-bond acceptors (Lipinski definition) is 27. The second kappa shape index (κ2) is 35.5. The quantitative estimate of drug-likeness (QED) is 0.0169. The van der Waals surface area contributed by atoms with Crippen molar-refractivity contribution in [2.75, 3.05) is 110 Å². The number of aromatic nitrogens is 16. The normalized spacial score (nSPS) is 26.3. The van der Waals surface area contributed by atoms with Crippen LogP contribution >= 0.6 is 39.1 Å². The third-order valence-corrected chi connectivity index (χ3v) is 24.5. The van der Waals surface area contributed by atoms with Crippen LogP contribution < -0.4 is 25.1 Å². The largest absolute Gasteiger partial charge is 0.479 e. The van der Waals surface area contributed by atoms with Gasteiger partial charge >= 0.3 is 0 Å². The molecule has 37 heteroatoms. The summed E-state index contributed by atoms with van der Waals surface area (Å²) >= 11 is 6.50. The molecule has 0 saturated carbocycles. The van der Waals surface area contributed by atoms with Crippen molar-refractivity contribution >= 4 is 115 Å². The van der Waals surface area contributed by atoms with E-state index in [2.05, 4.69) is 151 Å². The van der Waals surface area contributed by atoms with E-state index in [0.29, 0.717) is 119 Å². The summed E-state index contributed by atoms with van der Waals surface area (Å²) in [5, 5.41) is 75.9. The van der Waals surface area contributed by atoms with Crippen LogP contribution in [0.4, 0.5) is 5.95 Å². The van der Waals surface area contributed by atoms with Crippen molar-refractivity contribution in [2.45, 2.75) is 184 Å². The molecule has 8 aromatic heterocycles. The second-order valence-electron chi connectivity index (χ2n) is 30.1. The fourth-order valence-electron chi connectivity index (χ4n) is 12.5. The maximum absolute atomic E-state index is 12.3. The van der Waals surface area contributed by atoms with E-state index in [-0.39, 0.29) is 17.2 Å². The molecule has 4 saturated heterocycles. The smallest absolute Gasteiger partial charge is 0.280 e. The monoisotopic (exact) mass is 1580 g/mol. The van der Waals surface area contributed by atoms with Crippen molar-refractivity contribution in [3.8, 4) is 17.6 Å². The Kier molecular flexibility index (Phi) is 28.2. The third-order valence-electron chi connectivity index (χ3n) is 18.2. The first-order valence-corrected chi connectivity index (χ1v) is 48.3. The first-order valence-electron chi connectivity index (χ1n) is 35.7. The number of ether oxygens (including phenoxy) is 7. The van der Waals surface area contributed by atoms with E-state index >= 15 is 0 Å². The zero-order chi connectivity index (χ0) is 77.7. The topological polar surface area (TPSA) is 413 Å². The summed E-state index contributed by atoms with van der Waals surface area (Å²) in [6.45, 7) is 25.2. The van der Waals surface area contributed by atoms with Crippen LogP contribution in [0.3, 0.4) is 0 Å². The molecule has 4 aliphatic heterocycles. The molecule has 12 rings (SSSR count). The van der Waals surface area contributed by atoms with E-state index in [1.807, 2.05) is 13.8 Å². The molecular weight excluding hydrogens is 1470 g/mol. The molecule has 4 aliphatic rings. The lowest BCUT2D eigenvalue weighted by Gasteiger charge is -2.19. The Bertz CT molecular complexity index is 4550. The predicted molar refractivity (Wildman–Crippen MR) is 424 cm³/mol. The molecule has 32 nitrogen and oxygen atoms in total. The number of nitrogens with one attached hydrogen (secondary N) is 2. The zero-order valence-corrected chi connectivity index (χ0v) is 67.9. The van der Waals surface area contributed by atoms with Gasteiger partial charge in [-0.1, -0.05) is 20.3 Å². The van der Waals surface area contributed by atoms with Gasteiger partial charge in [-0.05, 0) is 144 Å². The number of unbranched alkanes of at least 4 members (excludes halogenated alkanes) is 1. The van der Waals surface area contributed by atoms with Gasteiger partial charge in [0.25, 0.3) is 5.56 Å². The number of H-pyrrole nitrogens is 1. The lowest BCUT2D eigenvalue weighted by molar-refractivity contribution is -0.0353. The van der Waals surface area contributed by atoms with Gasteiger partial charge in [-0.2, -0.15) is 19.9 Å². The molecule has 0 unspecified atom stereocenters. The van der Waals surface area contributed by atoms with Crippen LogP contribution in [0, 0.1) is 20.8 Å². The summed E-state index contributed by atoms with van der Waals surface area (Å²) < 4.78 is 47.1. The molecule has 0 aromatic carbocycles. The van der Waals surface area contributed by atoms with E-state index in [1.165, 1.54) is 24.3 Å². The van der Waals surface area contributed by atoms with E-state index in [0.717, 1.165) is 50.3 Å². The first kappa shape index (κ1) is 84.3. The van der Waals surface area contributed by atoms with Gasteiger partial charge in [0.15, 0.2) is 69.6 Å². The summed E-state index contributed by atoms with van der Waals surface area (Å²) in [6.07, 6.45) is 20.4. The lowest BCUT2D eigenvalue weighted by atomic mass is 10.1. The highest BCUT2D eigenvalue weighted by molar-refractivity contribution is 7.73. The minimum Gasteiger partial charge on any atom is -0.479 e. The lowest BCUT2D eigenvalue weighted by Crippen LogP contribution is -2.32. The Morgan fingerprint density at radius 3 is 1.19 bits per heavy atom. The number of aryl methyl sites for hydroxylation is 3. The molecule has 9 N–H and O–H groups in total. The van der Waals surface area contributed by atoms with Crippen LogP contribution in [0.15, 0.2) is 30.1 Å². The van der Waals surface area contributed by atoms with Gasteiger partial charge < -0.3 is 74.2 Å². The number of methoxy groups -OCH3 is 1. The van der Waals surface area contributed by atoms with Gasteiger partial charge in [0.05, 0.1) is 70.0 Å². The Hall–Kier alpha value is -5.75. The van der Waals surface area contributed by atoms with E-state index < -0.39 is 119 Å². The summed E-state index contributed by atoms with van der Waals surface area (Å²) in [6, 6.07) is 0. The number of alkyl halides is 1. The van der Waals surface area contributed by atoms with Crippen LogP contribution in [0.1, 0.15) is 108 Å². The molecule has 8 aromatic rings. The fraction of sp³-hybridized carbons (Fsp3) is 0.652. The number of fused-ring (bicyclic) bond motifs is 4.